The summed E-state index contributed by atoms with van der Waals surface area (Å²) in [6, 6.07) is 7.42. The van der Waals surface area contributed by atoms with Crippen LogP contribution in [0.4, 0.5) is 0 Å². The molecule has 12 heteroatoms. The third-order valence-electron chi connectivity index (χ3n) is 4.78. The normalized spacial score (nSPS) is 22.7. The summed E-state index contributed by atoms with van der Waals surface area (Å²) in [6.45, 7) is 0. The Balaban J connectivity index is 1.42. The van der Waals surface area contributed by atoms with Crippen LogP contribution in [0.5, 0.6) is 0 Å². The summed E-state index contributed by atoms with van der Waals surface area (Å²) >= 11 is 2.63. The fourth-order valence-corrected chi connectivity index (χ4v) is 5.51. The smallest absolute Gasteiger partial charge is 0.330 e. The van der Waals surface area contributed by atoms with Crippen molar-refractivity contribution in [2.75, 3.05) is 5.75 Å². The molecule has 1 fully saturated rings. The second-order valence-electron chi connectivity index (χ2n) is 6.79. The van der Waals surface area contributed by atoms with Crippen LogP contribution in [0, 0.1) is 0 Å². The Labute approximate surface area is 180 Å². The average molecular weight is 447 g/mol. The zero-order valence-electron chi connectivity index (χ0n) is 15.8. The third kappa shape index (κ3) is 3.92. The lowest BCUT2D eigenvalue weighted by molar-refractivity contribution is -0.160. The lowest BCUT2D eigenvalue weighted by Gasteiger charge is -2.51. The zero-order chi connectivity index (χ0) is 21.3. The highest BCUT2D eigenvalue weighted by atomic mass is 32.2. The summed E-state index contributed by atoms with van der Waals surface area (Å²) in [5, 5.41) is 25.5. The Morgan fingerprint density at radius 1 is 1.30 bits per heavy atom. The summed E-state index contributed by atoms with van der Waals surface area (Å²) in [4.78, 5) is 38.3. The number of benzene rings is 1. The average Bonchev–Trinajstić information content (AvgIpc) is 3.15. The van der Waals surface area contributed by atoms with Crippen LogP contribution in [0.1, 0.15) is 5.56 Å². The van der Waals surface area contributed by atoms with E-state index in [0.29, 0.717) is 16.5 Å². The Morgan fingerprint density at radius 3 is 2.73 bits per heavy atom. The molecule has 3 atom stereocenters. The number of aliphatic carboxylic acids is 1. The van der Waals surface area contributed by atoms with Gasteiger partial charge in [-0.1, -0.05) is 42.1 Å². The van der Waals surface area contributed by atoms with E-state index in [1.54, 1.807) is 12.5 Å². The number of carbonyl (C=O) groups is 3. The van der Waals surface area contributed by atoms with Crippen LogP contribution in [0.15, 0.2) is 46.5 Å². The number of amides is 2. The first kappa shape index (κ1) is 20.4. The molecule has 156 valence electrons. The lowest BCUT2D eigenvalue weighted by atomic mass is 9.98. The predicted octanol–water partition coefficient (Wildman–Crippen LogP) is 0.282. The van der Waals surface area contributed by atoms with E-state index in [4.69, 9.17) is 0 Å². The minimum atomic E-state index is -1.11. The van der Waals surface area contributed by atoms with Crippen LogP contribution in [0.25, 0.3) is 0 Å². The fraction of sp³-hybridized carbons (Fsp3) is 0.333. The SMILES string of the molecule is Cn1nnnc1SCC1=CS[C@@H]2[C@H](NC(=O)Cc3ccccc3)C(=O)N2[C@H]1C(=O)O. The summed E-state index contributed by atoms with van der Waals surface area (Å²) in [5.74, 6) is -1.44. The molecule has 10 nitrogen and oxygen atoms in total. The molecule has 1 saturated heterocycles. The quantitative estimate of drug-likeness (QED) is 0.455. The number of tetrazole rings is 1. The van der Waals surface area contributed by atoms with Crippen LogP contribution in [0.3, 0.4) is 0 Å². The predicted molar refractivity (Wildman–Crippen MR) is 109 cm³/mol. The number of hydrogen-bond donors (Lipinski definition) is 2. The fourth-order valence-electron chi connectivity index (χ4n) is 3.33. The largest absolute Gasteiger partial charge is 0.479 e. The van der Waals surface area contributed by atoms with Crippen LogP contribution in [-0.4, -0.2) is 71.2 Å². The van der Waals surface area contributed by atoms with Crippen molar-refractivity contribution in [3.8, 4) is 0 Å². The number of fused-ring (bicyclic) bond motifs is 1. The molecule has 0 unspecified atom stereocenters. The maximum atomic E-state index is 12.7. The minimum absolute atomic E-state index is 0.161. The topological polar surface area (TPSA) is 130 Å². The Hall–Kier alpha value is -2.86. The number of hydrogen-bond acceptors (Lipinski definition) is 8. The van der Waals surface area contributed by atoms with Gasteiger partial charge in [0.1, 0.15) is 11.4 Å². The molecule has 3 heterocycles. The number of aromatic nitrogens is 4. The van der Waals surface area contributed by atoms with Crippen molar-refractivity contribution in [1.29, 1.82) is 0 Å². The van der Waals surface area contributed by atoms with Crippen LogP contribution in [0.2, 0.25) is 0 Å². The van der Waals surface area contributed by atoms with E-state index in [-0.39, 0.29) is 12.3 Å². The van der Waals surface area contributed by atoms with Gasteiger partial charge in [0, 0.05) is 12.8 Å². The van der Waals surface area contributed by atoms with Gasteiger partial charge in [-0.2, -0.15) is 0 Å². The molecule has 2 amide bonds. The molecular formula is C18H18N6O4S2. The van der Waals surface area contributed by atoms with Crippen molar-refractivity contribution < 1.29 is 19.5 Å². The molecule has 2 N–H and O–H groups in total. The van der Waals surface area contributed by atoms with Gasteiger partial charge >= 0.3 is 5.97 Å². The molecule has 0 bridgehead atoms. The molecule has 2 aromatic rings. The minimum Gasteiger partial charge on any atom is -0.479 e. The first-order valence-corrected chi connectivity index (χ1v) is 11.0. The second kappa shape index (κ2) is 8.48. The summed E-state index contributed by atoms with van der Waals surface area (Å²) in [5.41, 5.74) is 1.43. The van der Waals surface area contributed by atoms with E-state index in [9.17, 15) is 19.5 Å². The molecule has 1 aromatic heterocycles. The molecule has 4 rings (SSSR count). The van der Waals surface area contributed by atoms with E-state index < -0.39 is 29.3 Å². The van der Waals surface area contributed by atoms with Gasteiger partial charge in [0.15, 0.2) is 6.04 Å². The number of carboxylic acids is 1. The Bertz CT molecular complexity index is 1010. The molecule has 30 heavy (non-hydrogen) atoms. The summed E-state index contributed by atoms with van der Waals surface area (Å²) in [6.07, 6.45) is 0.161. The number of carboxylic acid groups (broad SMARTS) is 1. The number of nitrogens with one attached hydrogen (secondary N) is 1. The third-order valence-corrected chi connectivity index (χ3v) is 7.07. The van der Waals surface area contributed by atoms with E-state index >= 15 is 0 Å². The molecule has 2 aliphatic heterocycles. The van der Waals surface area contributed by atoms with Gasteiger partial charge in [-0.05, 0) is 27.0 Å². The van der Waals surface area contributed by atoms with E-state index in [0.717, 1.165) is 5.56 Å². The molecule has 0 radical (unpaired) electrons. The molecular weight excluding hydrogens is 428 g/mol. The van der Waals surface area contributed by atoms with Crippen LogP contribution < -0.4 is 5.32 Å². The standard InChI is InChI=1S/C18H18N6O4S2/c1-23-18(20-21-22-23)30-9-11-8-29-16-13(15(26)24(16)14(11)17(27)28)19-12(25)7-10-5-3-2-4-6-10/h2-6,8,13-14,16H,7,9H2,1H3,(H,19,25)(H,27,28)/t13-,14-,16-/m1/s1. The van der Waals surface area contributed by atoms with Gasteiger partial charge in [0.2, 0.25) is 17.0 Å². The monoisotopic (exact) mass is 446 g/mol. The maximum Gasteiger partial charge on any atom is 0.330 e. The highest BCUT2D eigenvalue weighted by Crippen LogP contribution is 2.41. The second-order valence-corrected chi connectivity index (χ2v) is 8.72. The summed E-state index contributed by atoms with van der Waals surface area (Å²) in [7, 11) is 1.69. The van der Waals surface area contributed by atoms with Gasteiger partial charge < -0.3 is 15.3 Å². The van der Waals surface area contributed by atoms with Gasteiger partial charge in [0.25, 0.3) is 0 Å². The zero-order valence-corrected chi connectivity index (χ0v) is 17.5. The molecule has 2 aliphatic rings. The van der Waals surface area contributed by atoms with Crippen LogP contribution in [-0.2, 0) is 27.9 Å². The molecule has 0 saturated carbocycles. The molecule has 1 aromatic carbocycles. The molecule has 0 aliphatic carbocycles. The van der Waals surface area contributed by atoms with Gasteiger partial charge in [-0.3, -0.25) is 9.59 Å². The van der Waals surface area contributed by atoms with Crippen molar-refractivity contribution >= 4 is 41.3 Å². The highest BCUT2D eigenvalue weighted by Gasteiger charge is 2.55. The van der Waals surface area contributed by atoms with Crippen molar-refractivity contribution in [1.82, 2.24) is 30.4 Å². The lowest BCUT2D eigenvalue weighted by Crippen LogP contribution is -2.74. The highest BCUT2D eigenvalue weighted by molar-refractivity contribution is 8.03. The first-order chi connectivity index (χ1) is 14.5. The first-order valence-electron chi connectivity index (χ1n) is 9.03. The van der Waals surface area contributed by atoms with Crippen molar-refractivity contribution in [2.24, 2.45) is 7.05 Å². The number of rotatable bonds is 7. The van der Waals surface area contributed by atoms with Gasteiger partial charge in [-0.15, -0.1) is 16.9 Å². The van der Waals surface area contributed by atoms with Crippen LogP contribution >= 0.6 is 23.5 Å². The number of β-lactam (4-membered cyclic amide) rings is 1. The summed E-state index contributed by atoms with van der Waals surface area (Å²) < 4.78 is 1.49. The Kier molecular flexibility index (Phi) is 5.77. The molecule has 0 spiro atoms. The van der Waals surface area contributed by atoms with Gasteiger partial charge in [0.05, 0.1) is 6.42 Å². The van der Waals surface area contributed by atoms with Crippen molar-refractivity contribution in [3.05, 3.63) is 46.9 Å². The number of nitrogens with zero attached hydrogens (tertiary/aromatic N) is 5. The Morgan fingerprint density at radius 2 is 2.07 bits per heavy atom. The maximum absolute atomic E-state index is 12.7. The van der Waals surface area contributed by atoms with Crippen molar-refractivity contribution in [3.63, 3.8) is 0 Å². The number of aryl methyl sites for hydroxylation is 1. The van der Waals surface area contributed by atoms with E-state index in [1.807, 2.05) is 30.3 Å². The van der Waals surface area contributed by atoms with E-state index in [2.05, 4.69) is 20.8 Å². The van der Waals surface area contributed by atoms with Gasteiger partial charge in [-0.25, -0.2) is 9.48 Å². The van der Waals surface area contributed by atoms with Crippen molar-refractivity contribution in [2.45, 2.75) is 29.0 Å². The number of thioether (sulfide) groups is 2. The number of carbonyl (C=O) groups excluding carboxylic acids is 2. The van der Waals surface area contributed by atoms with E-state index in [1.165, 1.54) is 33.1 Å².